The number of ether oxygens (including phenoxy) is 1. The molecule has 1 fully saturated rings. The van der Waals surface area contributed by atoms with E-state index in [1.165, 1.54) is 0 Å². The third-order valence-corrected chi connectivity index (χ3v) is 3.27. The Morgan fingerprint density at radius 3 is 3.00 bits per heavy atom. The largest absolute Gasteiger partial charge is 0.443 e. The van der Waals surface area contributed by atoms with Crippen molar-refractivity contribution < 1.29 is 9.53 Å². The zero-order valence-corrected chi connectivity index (χ0v) is 10.1. The van der Waals surface area contributed by atoms with E-state index in [1.54, 1.807) is 4.90 Å². The summed E-state index contributed by atoms with van der Waals surface area (Å²) in [6.07, 6.45) is -0.538. The fraction of sp³-hybridized carbons (Fsp3) is 0.308. The summed E-state index contributed by atoms with van der Waals surface area (Å²) in [5.74, 6) is 0. The van der Waals surface area contributed by atoms with E-state index in [4.69, 9.17) is 10.5 Å². The highest BCUT2D eigenvalue weighted by atomic mass is 16.6. The van der Waals surface area contributed by atoms with Gasteiger partial charge in [-0.25, -0.2) is 4.79 Å². The summed E-state index contributed by atoms with van der Waals surface area (Å²) in [5.41, 5.74) is 8.43. The van der Waals surface area contributed by atoms with Crippen LogP contribution in [0.15, 0.2) is 24.3 Å². The van der Waals surface area contributed by atoms with E-state index in [9.17, 15) is 4.79 Å². The lowest BCUT2D eigenvalue weighted by atomic mass is 10.2. The summed E-state index contributed by atoms with van der Waals surface area (Å²) in [5, 5.41) is 1.03. The number of cyclic esters (lactones) is 1. The molecule has 2 heterocycles. The first-order valence-corrected chi connectivity index (χ1v) is 5.96. The van der Waals surface area contributed by atoms with Crippen LogP contribution >= 0.6 is 0 Å². The number of nitrogens with two attached hydrogens (primary N) is 1. The molecule has 1 atom stereocenters. The van der Waals surface area contributed by atoms with Gasteiger partial charge in [0.25, 0.3) is 0 Å². The number of carbonyl (C=O) groups is 1. The lowest BCUT2D eigenvalue weighted by molar-refractivity contribution is 0.145. The van der Waals surface area contributed by atoms with Crippen LogP contribution in [0.5, 0.6) is 0 Å². The van der Waals surface area contributed by atoms with Crippen molar-refractivity contribution in [3.63, 3.8) is 0 Å². The number of nitrogens with zero attached hydrogens (tertiary/aromatic N) is 1. The van der Waals surface area contributed by atoms with Crippen LogP contribution in [0.3, 0.4) is 0 Å². The van der Waals surface area contributed by atoms with Gasteiger partial charge >= 0.3 is 6.09 Å². The molecule has 3 N–H and O–H groups in total. The second kappa shape index (κ2) is 4.03. The van der Waals surface area contributed by atoms with E-state index < -0.39 is 0 Å². The number of aromatic amines is 1. The van der Waals surface area contributed by atoms with Crippen LogP contribution in [0.4, 0.5) is 10.5 Å². The van der Waals surface area contributed by atoms with Crippen LogP contribution < -0.4 is 10.6 Å². The quantitative estimate of drug-likeness (QED) is 0.846. The smallest absolute Gasteiger partial charge is 0.414 e. The molecule has 1 aliphatic heterocycles. The van der Waals surface area contributed by atoms with Crippen molar-refractivity contribution in [2.75, 3.05) is 18.0 Å². The zero-order valence-electron chi connectivity index (χ0n) is 10.1. The Labute approximate surface area is 105 Å². The van der Waals surface area contributed by atoms with E-state index in [0.717, 1.165) is 22.3 Å². The monoisotopic (exact) mass is 245 g/mol. The lowest BCUT2D eigenvalue weighted by Gasteiger charge is -2.13. The predicted molar refractivity (Wildman–Crippen MR) is 69.7 cm³/mol. The van der Waals surface area contributed by atoms with Crippen molar-refractivity contribution in [3.8, 4) is 0 Å². The maximum absolute atomic E-state index is 11.9. The van der Waals surface area contributed by atoms with Gasteiger partial charge in [0.15, 0.2) is 0 Å². The summed E-state index contributed by atoms with van der Waals surface area (Å²) in [6.45, 7) is 2.82. The highest BCUT2D eigenvalue weighted by Crippen LogP contribution is 2.33. The maximum atomic E-state index is 11.9. The number of anilines is 1. The van der Waals surface area contributed by atoms with Gasteiger partial charge in [0.05, 0.1) is 12.2 Å². The number of hydrogen-bond acceptors (Lipinski definition) is 3. The van der Waals surface area contributed by atoms with Gasteiger partial charge < -0.3 is 15.5 Å². The topological polar surface area (TPSA) is 71.3 Å². The molecule has 1 unspecified atom stereocenters. The Kier molecular flexibility index (Phi) is 2.48. The molecule has 2 aromatic rings. The molecule has 5 nitrogen and oxygen atoms in total. The minimum Gasteiger partial charge on any atom is -0.443 e. The van der Waals surface area contributed by atoms with Gasteiger partial charge in [0.2, 0.25) is 0 Å². The Morgan fingerprint density at radius 2 is 2.28 bits per heavy atom. The van der Waals surface area contributed by atoms with Gasteiger partial charge in [-0.2, -0.15) is 0 Å². The van der Waals surface area contributed by atoms with E-state index in [1.807, 2.05) is 31.2 Å². The SMILES string of the molecule is Cc1[nH]c2ccccc2c1N1CC(CN)OC1=O. The normalized spacial score (nSPS) is 19.6. The molecule has 0 radical (unpaired) electrons. The number of carbonyl (C=O) groups excluding carboxylic acids is 1. The molecule has 18 heavy (non-hydrogen) atoms. The van der Waals surface area contributed by atoms with Crippen LogP contribution in [-0.2, 0) is 4.74 Å². The molecule has 1 aliphatic rings. The Bertz CT molecular complexity index is 605. The van der Waals surface area contributed by atoms with Gasteiger partial charge in [0, 0.05) is 23.1 Å². The number of amides is 1. The van der Waals surface area contributed by atoms with E-state index in [-0.39, 0.29) is 12.2 Å². The molecule has 0 spiro atoms. The van der Waals surface area contributed by atoms with E-state index >= 15 is 0 Å². The third-order valence-electron chi connectivity index (χ3n) is 3.27. The summed E-state index contributed by atoms with van der Waals surface area (Å²) in [7, 11) is 0. The van der Waals surface area contributed by atoms with E-state index in [2.05, 4.69) is 4.98 Å². The molecule has 1 amide bonds. The molecular formula is C13H15N3O2. The number of hydrogen-bond donors (Lipinski definition) is 2. The molecular weight excluding hydrogens is 230 g/mol. The minimum absolute atomic E-state index is 0.217. The molecule has 1 aromatic heterocycles. The van der Waals surface area contributed by atoms with Crippen LogP contribution in [0.25, 0.3) is 10.9 Å². The van der Waals surface area contributed by atoms with Crippen molar-refractivity contribution in [1.29, 1.82) is 0 Å². The van der Waals surface area contributed by atoms with Crippen LogP contribution in [0, 0.1) is 6.92 Å². The highest BCUT2D eigenvalue weighted by molar-refractivity contribution is 6.03. The Balaban J connectivity index is 2.09. The second-order valence-electron chi connectivity index (χ2n) is 4.50. The highest BCUT2D eigenvalue weighted by Gasteiger charge is 2.33. The Morgan fingerprint density at radius 1 is 1.50 bits per heavy atom. The standard InChI is InChI=1S/C13H15N3O2/c1-8-12(10-4-2-3-5-11(10)15-8)16-7-9(6-14)18-13(16)17/h2-5,9,15H,6-7,14H2,1H3. The zero-order chi connectivity index (χ0) is 12.7. The summed E-state index contributed by atoms with van der Waals surface area (Å²) in [6, 6.07) is 7.92. The third kappa shape index (κ3) is 1.55. The first kappa shape index (κ1) is 11.1. The summed E-state index contributed by atoms with van der Waals surface area (Å²) < 4.78 is 5.20. The summed E-state index contributed by atoms with van der Waals surface area (Å²) in [4.78, 5) is 16.8. The van der Waals surface area contributed by atoms with Crippen molar-refractivity contribution in [1.82, 2.24) is 4.98 Å². The lowest BCUT2D eigenvalue weighted by Crippen LogP contribution is -2.27. The van der Waals surface area contributed by atoms with Crippen molar-refractivity contribution in [3.05, 3.63) is 30.0 Å². The first-order chi connectivity index (χ1) is 8.70. The van der Waals surface area contributed by atoms with Crippen molar-refractivity contribution in [2.24, 2.45) is 5.73 Å². The molecule has 1 saturated heterocycles. The van der Waals surface area contributed by atoms with Gasteiger partial charge in [-0.1, -0.05) is 18.2 Å². The molecule has 5 heteroatoms. The number of nitrogens with one attached hydrogen (secondary N) is 1. The fourth-order valence-corrected chi connectivity index (χ4v) is 2.44. The van der Waals surface area contributed by atoms with Crippen LogP contribution in [-0.4, -0.2) is 30.3 Å². The molecule has 1 aromatic carbocycles. The number of aryl methyl sites for hydroxylation is 1. The van der Waals surface area contributed by atoms with Gasteiger partial charge in [-0.3, -0.25) is 4.90 Å². The fourth-order valence-electron chi connectivity index (χ4n) is 2.44. The average Bonchev–Trinajstić information content (AvgIpc) is 2.88. The number of fused-ring (bicyclic) bond motifs is 1. The molecule has 0 aliphatic carbocycles. The molecule has 3 rings (SSSR count). The van der Waals surface area contributed by atoms with Crippen molar-refractivity contribution in [2.45, 2.75) is 13.0 Å². The summed E-state index contributed by atoms with van der Waals surface area (Å²) >= 11 is 0. The average molecular weight is 245 g/mol. The Hall–Kier alpha value is -2.01. The van der Waals surface area contributed by atoms with Crippen LogP contribution in [0.2, 0.25) is 0 Å². The number of aromatic nitrogens is 1. The number of H-pyrrole nitrogens is 1. The van der Waals surface area contributed by atoms with Crippen molar-refractivity contribution >= 4 is 22.7 Å². The number of rotatable bonds is 2. The van der Waals surface area contributed by atoms with Gasteiger partial charge in [0.1, 0.15) is 6.10 Å². The number of para-hydroxylation sites is 1. The first-order valence-electron chi connectivity index (χ1n) is 5.96. The number of benzene rings is 1. The van der Waals surface area contributed by atoms with Gasteiger partial charge in [-0.15, -0.1) is 0 Å². The minimum atomic E-state index is -0.321. The van der Waals surface area contributed by atoms with E-state index in [0.29, 0.717) is 13.1 Å². The van der Waals surface area contributed by atoms with Crippen LogP contribution in [0.1, 0.15) is 5.69 Å². The molecule has 94 valence electrons. The van der Waals surface area contributed by atoms with Gasteiger partial charge in [-0.05, 0) is 13.0 Å². The second-order valence-corrected chi connectivity index (χ2v) is 4.50. The maximum Gasteiger partial charge on any atom is 0.414 e. The molecule has 0 saturated carbocycles. The molecule has 0 bridgehead atoms. The predicted octanol–water partition coefficient (Wildman–Crippen LogP) is 1.76.